The summed E-state index contributed by atoms with van der Waals surface area (Å²) < 4.78 is 4.15. The molecule has 1 aliphatic heterocycles. The van der Waals surface area contributed by atoms with Crippen LogP contribution in [0.25, 0.3) is 11.5 Å². The van der Waals surface area contributed by atoms with Crippen LogP contribution in [-0.2, 0) is 6.54 Å². The van der Waals surface area contributed by atoms with Crippen LogP contribution in [0.3, 0.4) is 0 Å². The Morgan fingerprint density at radius 3 is 2.53 bits per heavy atom. The van der Waals surface area contributed by atoms with Gasteiger partial charge in [0.2, 0.25) is 0 Å². The molecule has 0 saturated heterocycles. The van der Waals surface area contributed by atoms with Crippen LogP contribution in [0.5, 0.6) is 0 Å². The van der Waals surface area contributed by atoms with Gasteiger partial charge in [0.1, 0.15) is 5.82 Å². The van der Waals surface area contributed by atoms with E-state index in [0.717, 1.165) is 45.1 Å². The van der Waals surface area contributed by atoms with E-state index in [0.29, 0.717) is 17.3 Å². The van der Waals surface area contributed by atoms with Crippen molar-refractivity contribution < 1.29 is 4.79 Å². The van der Waals surface area contributed by atoms with Crippen molar-refractivity contribution in [1.82, 2.24) is 19.2 Å². The van der Waals surface area contributed by atoms with E-state index in [-0.39, 0.29) is 12.1 Å². The SMILES string of the molecule is Cc1cccc([C@@H]2c3cccn3-c3c(c(C)nn3-c3ccccc3)CN2C(=O)Nc2ccc(C)c(Cl)c2)c1. The number of anilines is 1. The molecule has 0 spiro atoms. The van der Waals surface area contributed by atoms with E-state index in [9.17, 15) is 4.79 Å². The molecule has 0 fully saturated rings. The van der Waals surface area contributed by atoms with Crippen molar-refractivity contribution in [3.63, 3.8) is 0 Å². The summed E-state index contributed by atoms with van der Waals surface area (Å²) >= 11 is 6.37. The van der Waals surface area contributed by atoms with E-state index in [1.54, 1.807) is 6.07 Å². The first kappa shape index (κ1) is 24.1. The Morgan fingerprint density at radius 2 is 1.76 bits per heavy atom. The Morgan fingerprint density at radius 1 is 0.947 bits per heavy atom. The van der Waals surface area contributed by atoms with Crippen molar-refractivity contribution in [3.05, 3.63) is 130 Å². The summed E-state index contributed by atoms with van der Waals surface area (Å²) in [7, 11) is 0. The smallest absolute Gasteiger partial charge is 0.308 e. The van der Waals surface area contributed by atoms with Crippen molar-refractivity contribution in [2.24, 2.45) is 0 Å². The summed E-state index contributed by atoms with van der Waals surface area (Å²) in [6.07, 6.45) is 2.05. The number of hydrogen-bond donors (Lipinski definition) is 1. The predicted molar refractivity (Wildman–Crippen MR) is 151 cm³/mol. The van der Waals surface area contributed by atoms with Gasteiger partial charge in [-0.15, -0.1) is 0 Å². The molecule has 3 aromatic carbocycles. The van der Waals surface area contributed by atoms with Crippen LogP contribution in [0.15, 0.2) is 91.1 Å². The number of benzene rings is 3. The third-order valence-corrected chi connectivity index (χ3v) is 7.54. The number of fused-ring (bicyclic) bond motifs is 3. The largest absolute Gasteiger partial charge is 0.322 e. The van der Waals surface area contributed by atoms with Gasteiger partial charge in [-0.2, -0.15) is 5.10 Å². The number of urea groups is 1. The highest BCUT2D eigenvalue weighted by molar-refractivity contribution is 6.31. The molecule has 5 aromatic rings. The first-order valence-electron chi connectivity index (χ1n) is 12.6. The lowest BCUT2D eigenvalue weighted by atomic mass is 10.00. The number of amides is 2. The number of para-hydroxylation sites is 1. The molecule has 2 amide bonds. The molecule has 2 aromatic heterocycles. The highest BCUT2D eigenvalue weighted by Crippen LogP contribution is 2.39. The molecule has 0 radical (unpaired) electrons. The van der Waals surface area contributed by atoms with Crippen LogP contribution in [0, 0.1) is 20.8 Å². The molecule has 38 heavy (non-hydrogen) atoms. The van der Waals surface area contributed by atoms with Gasteiger partial charge in [0.05, 0.1) is 29.7 Å². The highest BCUT2D eigenvalue weighted by Gasteiger charge is 2.36. The van der Waals surface area contributed by atoms with Crippen molar-refractivity contribution >= 4 is 23.3 Å². The van der Waals surface area contributed by atoms with E-state index in [1.165, 1.54) is 0 Å². The lowest BCUT2D eigenvalue weighted by Gasteiger charge is -2.31. The number of nitrogens with one attached hydrogen (secondary N) is 1. The van der Waals surface area contributed by atoms with E-state index in [2.05, 4.69) is 47.3 Å². The van der Waals surface area contributed by atoms with Gasteiger partial charge in [-0.1, -0.05) is 65.7 Å². The average Bonchev–Trinajstić information content (AvgIpc) is 3.47. The molecule has 0 aliphatic carbocycles. The first-order valence-corrected chi connectivity index (χ1v) is 13.0. The van der Waals surface area contributed by atoms with Gasteiger partial charge in [-0.25, -0.2) is 9.48 Å². The van der Waals surface area contributed by atoms with E-state index >= 15 is 0 Å². The minimum Gasteiger partial charge on any atom is -0.308 e. The van der Waals surface area contributed by atoms with Gasteiger partial charge in [0.15, 0.2) is 0 Å². The van der Waals surface area contributed by atoms with E-state index < -0.39 is 0 Å². The minimum atomic E-state index is -0.318. The maximum Gasteiger partial charge on any atom is 0.322 e. The molecule has 7 heteroatoms. The predicted octanol–water partition coefficient (Wildman–Crippen LogP) is 7.38. The quantitative estimate of drug-likeness (QED) is 0.269. The second kappa shape index (κ2) is 9.54. The van der Waals surface area contributed by atoms with Crippen molar-refractivity contribution in [1.29, 1.82) is 0 Å². The number of nitrogens with zero attached hydrogens (tertiary/aromatic N) is 4. The Bertz CT molecular complexity index is 1650. The summed E-state index contributed by atoms with van der Waals surface area (Å²) in [5, 5.41) is 8.63. The van der Waals surface area contributed by atoms with Crippen molar-refractivity contribution in [2.45, 2.75) is 33.4 Å². The normalized spacial score (nSPS) is 14.5. The van der Waals surface area contributed by atoms with E-state index in [4.69, 9.17) is 16.7 Å². The summed E-state index contributed by atoms with van der Waals surface area (Å²) in [6, 6.07) is 27.6. The average molecular weight is 522 g/mol. The molecule has 190 valence electrons. The zero-order valence-electron chi connectivity index (χ0n) is 21.5. The molecular weight excluding hydrogens is 494 g/mol. The standard InChI is InChI=1S/C31H28ClN5O/c1-20-9-7-10-23(17-20)29-28-13-8-16-35(28)30-26(22(3)34-37(30)25-11-5-4-6-12-25)19-36(29)31(38)33-24-15-14-21(2)27(32)18-24/h4-18,29H,19H2,1-3H3,(H,33,38)/t29-/m1/s1. The van der Waals surface area contributed by atoms with Gasteiger partial charge >= 0.3 is 6.03 Å². The van der Waals surface area contributed by atoms with Crippen LogP contribution in [0.2, 0.25) is 5.02 Å². The molecule has 1 atom stereocenters. The number of aryl methyl sites for hydroxylation is 3. The number of rotatable bonds is 3. The number of carbonyl (C=O) groups is 1. The summed E-state index contributed by atoms with van der Waals surface area (Å²) in [6.45, 7) is 6.41. The monoisotopic (exact) mass is 521 g/mol. The fraction of sp³-hybridized carbons (Fsp3) is 0.161. The summed E-state index contributed by atoms with van der Waals surface area (Å²) in [5.41, 5.74) is 7.64. The maximum atomic E-state index is 14.0. The number of carbonyl (C=O) groups excluding carboxylic acids is 1. The lowest BCUT2D eigenvalue weighted by molar-refractivity contribution is 0.194. The minimum absolute atomic E-state index is 0.205. The lowest BCUT2D eigenvalue weighted by Crippen LogP contribution is -2.38. The third-order valence-electron chi connectivity index (χ3n) is 7.13. The number of aromatic nitrogens is 3. The number of halogens is 1. The van der Waals surface area contributed by atoms with Crippen LogP contribution in [-0.4, -0.2) is 25.3 Å². The van der Waals surface area contributed by atoms with Gasteiger partial charge in [-0.3, -0.25) is 0 Å². The van der Waals surface area contributed by atoms with Crippen LogP contribution < -0.4 is 5.32 Å². The zero-order valence-corrected chi connectivity index (χ0v) is 22.3. The van der Waals surface area contributed by atoms with Gasteiger partial charge in [0, 0.05) is 22.5 Å². The van der Waals surface area contributed by atoms with Crippen molar-refractivity contribution in [3.8, 4) is 11.5 Å². The summed E-state index contributed by atoms with van der Waals surface area (Å²) in [4.78, 5) is 15.9. The Kier molecular flexibility index (Phi) is 6.04. The molecular formula is C31H28ClN5O. The molecule has 0 saturated carbocycles. The molecule has 3 heterocycles. The Balaban J connectivity index is 1.53. The van der Waals surface area contributed by atoms with Gasteiger partial charge in [-0.05, 0) is 68.3 Å². The first-order chi connectivity index (χ1) is 18.4. The van der Waals surface area contributed by atoms with Crippen LogP contribution >= 0.6 is 11.6 Å². The van der Waals surface area contributed by atoms with E-state index in [1.807, 2.05) is 78.0 Å². The molecule has 6 nitrogen and oxygen atoms in total. The summed E-state index contributed by atoms with van der Waals surface area (Å²) in [5.74, 6) is 0.944. The Labute approximate surface area is 227 Å². The highest BCUT2D eigenvalue weighted by atomic mass is 35.5. The zero-order chi connectivity index (χ0) is 26.4. The van der Waals surface area contributed by atoms with Crippen LogP contribution in [0.4, 0.5) is 10.5 Å². The van der Waals surface area contributed by atoms with Gasteiger partial charge < -0.3 is 14.8 Å². The molecule has 1 N–H and O–H groups in total. The second-order valence-electron chi connectivity index (χ2n) is 9.78. The molecule has 0 unspecified atom stereocenters. The molecule has 1 aliphatic rings. The number of hydrogen-bond acceptors (Lipinski definition) is 2. The molecule has 6 rings (SSSR count). The molecule has 0 bridgehead atoms. The van der Waals surface area contributed by atoms with Gasteiger partial charge in [0.25, 0.3) is 0 Å². The van der Waals surface area contributed by atoms with Crippen LogP contribution in [0.1, 0.15) is 39.7 Å². The Hall–Kier alpha value is -4.29. The fourth-order valence-electron chi connectivity index (χ4n) is 5.21. The third kappa shape index (κ3) is 4.17. The van der Waals surface area contributed by atoms with Crippen molar-refractivity contribution in [2.75, 3.05) is 5.32 Å². The fourth-order valence-corrected chi connectivity index (χ4v) is 5.39. The topological polar surface area (TPSA) is 55.1 Å². The second-order valence-corrected chi connectivity index (χ2v) is 10.2. The maximum absolute atomic E-state index is 14.0.